The summed E-state index contributed by atoms with van der Waals surface area (Å²) in [4.78, 5) is 11.1. The Morgan fingerprint density at radius 2 is 1.83 bits per heavy atom. The summed E-state index contributed by atoms with van der Waals surface area (Å²) in [6, 6.07) is 0. The first-order chi connectivity index (χ1) is 11.1. The molecule has 1 saturated heterocycles. The van der Waals surface area contributed by atoms with Crippen LogP contribution in [-0.4, -0.2) is 42.9 Å². The van der Waals surface area contributed by atoms with Crippen LogP contribution in [0.4, 0.5) is 5.95 Å². The number of imidazole rings is 1. The fraction of sp³-hybridized carbons (Fsp3) is 0.625. The maximum absolute atomic E-state index is 10.9. The molecular weight excluding hydrogens is 292 g/mol. The second kappa shape index (κ2) is 6.23. The van der Waals surface area contributed by atoms with Crippen LogP contribution in [0, 0.1) is 0 Å². The number of aromatic nitrogens is 5. The summed E-state index contributed by atoms with van der Waals surface area (Å²) in [6.07, 6.45) is 6.52. The summed E-state index contributed by atoms with van der Waals surface area (Å²) < 4.78 is 1.89. The highest BCUT2D eigenvalue weighted by Gasteiger charge is 2.37. The van der Waals surface area contributed by atoms with Gasteiger partial charge in [0, 0.05) is 45.4 Å². The molecule has 3 heterocycles. The average molecular weight is 316 g/mol. The van der Waals surface area contributed by atoms with Crippen molar-refractivity contribution in [2.75, 3.05) is 18.0 Å². The molecule has 7 heteroatoms. The van der Waals surface area contributed by atoms with Gasteiger partial charge in [0.2, 0.25) is 5.95 Å². The van der Waals surface area contributed by atoms with Crippen LogP contribution in [0.15, 0.2) is 12.4 Å². The number of piperidine rings is 1. The lowest BCUT2D eigenvalue weighted by molar-refractivity contribution is 0.000514. The van der Waals surface area contributed by atoms with Crippen LogP contribution in [0.5, 0.6) is 0 Å². The van der Waals surface area contributed by atoms with Gasteiger partial charge in [0.25, 0.3) is 0 Å². The van der Waals surface area contributed by atoms with E-state index in [9.17, 15) is 5.11 Å². The van der Waals surface area contributed by atoms with E-state index in [-0.39, 0.29) is 0 Å². The molecule has 7 nitrogen and oxygen atoms in total. The van der Waals surface area contributed by atoms with Gasteiger partial charge < -0.3 is 14.6 Å². The van der Waals surface area contributed by atoms with Gasteiger partial charge in [-0.1, -0.05) is 13.8 Å². The summed E-state index contributed by atoms with van der Waals surface area (Å²) in [7, 11) is 1.91. The Morgan fingerprint density at radius 1 is 1.13 bits per heavy atom. The lowest BCUT2D eigenvalue weighted by Gasteiger charge is -2.37. The van der Waals surface area contributed by atoms with Crippen LogP contribution in [0.1, 0.15) is 43.9 Å². The molecule has 0 bridgehead atoms. The quantitative estimate of drug-likeness (QED) is 0.913. The molecular formula is C16H24N6O. The predicted molar refractivity (Wildman–Crippen MR) is 87.1 cm³/mol. The van der Waals surface area contributed by atoms with Crippen molar-refractivity contribution in [2.24, 2.45) is 7.05 Å². The van der Waals surface area contributed by atoms with Gasteiger partial charge in [-0.2, -0.15) is 5.10 Å². The Hall–Kier alpha value is -2.02. The van der Waals surface area contributed by atoms with Crippen molar-refractivity contribution < 1.29 is 5.11 Å². The molecule has 1 aliphatic heterocycles. The van der Waals surface area contributed by atoms with Crippen molar-refractivity contribution in [1.82, 2.24) is 24.7 Å². The molecule has 0 spiro atoms. The van der Waals surface area contributed by atoms with Gasteiger partial charge in [-0.25, -0.2) is 9.97 Å². The second-order valence-corrected chi connectivity index (χ2v) is 6.09. The van der Waals surface area contributed by atoms with Crippen molar-refractivity contribution in [3.63, 3.8) is 0 Å². The highest BCUT2D eigenvalue weighted by Crippen LogP contribution is 2.32. The molecule has 124 valence electrons. The van der Waals surface area contributed by atoms with E-state index in [0.29, 0.717) is 31.9 Å². The van der Waals surface area contributed by atoms with Crippen LogP contribution < -0.4 is 4.90 Å². The fourth-order valence-corrected chi connectivity index (χ4v) is 3.18. The van der Waals surface area contributed by atoms with Gasteiger partial charge in [0.05, 0.1) is 11.4 Å². The Bertz CT molecular complexity index is 675. The Morgan fingerprint density at radius 3 is 2.39 bits per heavy atom. The minimum atomic E-state index is -0.876. The standard InChI is InChI=1S/C16H24N6O/c1-4-12-13(5-2)19-20-15(18-12)22-9-6-16(23,7-10-22)14-17-8-11-21(14)3/h8,11,23H,4-7,9-10H2,1-3H3. The summed E-state index contributed by atoms with van der Waals surface area (Å²) >= 11 is 0. The zero-order valence-corrected chi connectivity index (χ0v) is 14.0. The van der Waals surface area contributed by atoms with Crippen LogP contribution in [-0.2, 0) is 25.5 Å². The lowest BCUT2D eigenvalue weighted by Crippen LogP contribution is -2.44. The average Bonchev–Trinajstić information content (AvgIpc) is 3.02. The maximum Gasteiger partial charge on any atom is 0.245 e. The molecule has 0 atom stereocenters. The van der Waals surface area contributed by atoms with Gasteiger partial charge >= 0.3 is 0 Å². The third-order valence-electron chi connectivity index (χ3n) is 4.61. The molecule has 2 aromatic heterocycles. The SMILES string of the molecule is CCc1nnc(N2CCC(O)(c3nccn3C)CC2)nc1CC. The summed E-state index contributed by atoms with van der Waals surface area (Å²) in [5, 5.41) is 19.5. The number of aliphatic hydroxyl groups is 1. The first-order valence-corrected chi connectivity index (χ1v) is 8.25. The van der Waals surface area contributed by atoms with E-state index < -0.39 is 5.60 Å². The summed E-state index contributed by atoms with van der Waals surface area (Å²) in [5.74, 6) is 1.40. The van der Waals surface area contributed by atoms with E-state index in [1.165, 1.54) is 0 Å². The number of hydrogen-bond donors (Lipinski definition) is 1. The Kier molecular flexibility index (Phi) is 4.30. The number of rotatable bonds is 4. The molecule has 1 aliphatic rings. The third kappa shape index (κ3) is 2.93. The molecule has 0 aromatic carbocycles. The minimum absolute atomic E-state index is 0.609. The monoisotopic (exact) mass is 316 g/mol. The van der Waals surface area contributed by atoms with E-state index in [0.717, 1.165) is 30.1 Å². The Balaban J connectivity index is 1.75. The zero-order valence-electron chi connectivity index (χ0n) is 14.0. The number of aryl methyl sites for hydroxylation is 3. The topological polar surface area (TPSA) is 80.0 Å². The smallest absolute Gasteiger partial charge is 0.245 e. The van der Waals surface area contributed by atoms with E-state index in [1.54, 1.807) is 6.20 Å². The number of nitrogens with zero attached hydrogens (tertiary/aromatic N) is 6. The molecule has 1 N–H and O–H groups in total. The van der Waals surface area contributed by atoms with Gasteiger partial charge in [-0.15, -0.1) is 5.10 Å². The first-order valence-electron chi connectivity index (χ1n) is 8.25. The lowest BCUT2D eigenvalue weighted by atomic mass is 9.90. The van der Waals surface area contributed by atoms with Crippen molar-refractivity contribution in [2.45, 2.75) is 45.1 Å². The molecule has 0 aliphatic carbocycles. The van der Waals surface area contributed by atoms with Gasteiger partial charge in [0.1, 0.15) is 11.4 Å². The molecule has 0 saturated carbocycles. The Labute approximate surface area is 136 Å². The third-order valence-corrected chi connectivity index (χ3v) is 4.61. The zero-order chi connectivity index (χ0) is 16.4. The van der Waals surface area contributed by atoms with Crippen LogP contribution in [0.25, 0.3) is 0 Å². The highest BCUT2D eigenvalue weighted by molar-refractivity contribution is 5.32. The molecule has 1 fully saturated rings. The predicted octanol–water partition coefficient (Wildman–Crippen LogP) is 1.22. The molecule has 2 aromatic rings. The molecule has 0 amide bonds. The minimum Gasteiger partial charge on any atom is -0.382 e. The molecule has 23 heavy (non-hydrogen) atoms. The normalized spacial score (nSPS) is 17.5. The molecule has 3 rings (SSSR count). The van der Waals surface area contributed by atoms with E-state index in [2.05, 4.69) is 38.9 Å². The van der Waals surface area contributed by atoms with Crippen molar-refractivity contribution in [3.8, 4) is 0 Å². The first kappa shape index (κ1) is 15.9. The number of anilines is 1. The van der Waals surface area contributed by atoms with Crippen molar-refractivity contribution in [1.29, 1.82) is 0 Å². The van der Waals surface area contributed by atoms with Gasteiger partial charge in [-0.05, 0) is 12.8 Å². The summed E-state index contributed by atoms with van der Waals surface area (Å²) in [5.41, 5.74) is 1.11. The summed E-state index contributed by atoms with van der Waals surface area (Å²) in [6.45, 7) is 5.54. The largest absolute Gasteiger partial charge is 0.382 e. The van der Waals surface area contributed by atoms with Crippen LogP contribution >= 0.6 is 0 Å². The fourth-order valence-electron chi connectivity index (χ4n) is 3.18. The van der Waals surface area contributed by atoms with E-state index in [4.69, 9.17) is 0 Å². The number of hydrogen-bond acceptors (Lipinski definition) is 6. The van der Waals surface area contributed by atoms with Crippen LogP contribution in [0.2, 0.25) is 0 Å². The van der Waals surface area contributed by atoms with Crippen LogP contribution in [0.3, 0.4) is 0 Å². The second-order valence-electron chi connectivity index (χ2n) is 6.09. The van der Waals surface area contributed by atoms with Gasteiger partial charge in [0.15, 0.2) is 0 Å². The van der Waals surface area contributed by atoms with E-state index in [1.807, 2.05) is 17.8 Å². The molecule has 0 unspecified atom stereocenters. The van der Waals surface area contributed by atoms with Crippen molar-refractivity contribution >= 4 is 5.95 Å². The van der Waals surface area contributed by atoms with E-state index >= 15 is 0 Å². The highest BCUT2D eigenvalue weighted by atomic mass is 16.3. The maximum atomic E-state index is 10.9. The molecule has 0 radical (unpaired) electrons. The van der Waals surface area contributed by atoms with Crippen molar-refractivity contribution in [3.05, 3.63) is 29.6 Å². The van der Waals surface area contributed by atoms with Gasteiger partial charge in [-0.3, -0.25) is 0 Å².